The van der Waals surface area contributed by atoms with Crippen molar-refractivity contribution in [3.63, 3.8) is 0 Å². The number of fused-ring (bicyclic) bond motifs is 3. The van der Waals surface area contributed by atoms with E-state index in [2.05, 4.69) is 5.32 Å². The minimum atomic E-state index is -1.56. The Morgan fingerprint density at radius 1 is 1.11 bits per heavy atom. The van der Waals surface area contributed by atoms with Crippen molar-refractivity contribution in [2.45, 2.75) is 31.5 Å². The van der Waals surface area contributed by atoms with Crippen LogP contribution in [0.4, 0.5) is 14.9 Å². The monoisotopic (exact) mass is 480 g/mol. The van der Waals surface area contributed by atoms with Crippen molar-refractivity contribution >= 4 is 11.8 Å². The topological polar surface area (TPSA) is 122 Å². The lowest BCUT2D eigenvalue weighted by Gasteiger charge is -2.20. The van der Waals surface area contributed by atoms with Crippen LogP contribution in [-0.2, 0) is 4.74 Å². The number of carbonyl (C=O) groups is 1. The Bertz CT molecular complexity index is 1220. The molecule has 3 aromatic carbocycles. The fourth-order valence-corrected chi connectivity index (χ4v) is 4.52. The summed E-state index contributed by atoms with van der Waals surface area (Å²) in [5, 5.41) is 34.4. The normalized spacial score (nSPS) is 14.1. The molecule has 2 atom stereocenters. The van der Waals surface area contributed by atoms with Crippen LogP contribution in [0.5, 0.6) is 0 Å². The molecular formula is C26H25FN2O6. The molecule has 1 aliphatic carbocycles. The van der Waals surface area contributed by atoms with Crippen LogP contribution < -0.4 is 5.32 Å². The molecule has 1 aliphatic rings. The second-order valence-electron chi connectivity index (χ2n) is 8.45. The minimum absolute atomic E-state index is 0.0225. The average Bonchev–Trinajstić information content (AvgIpc) is 3.17. The summed E-state index contributed by atoms with van der Waals surface area (Å²) in [6.45, 7) is 1.49. The van der Waals surface area contributed by atoms with E-state index in [0.717, 1.165) is 34.4 Å². The number of amides is 1. The Hall–Kier alpha value is -3.82. The Kier molecular flexibility index (Phi) is 7.09. The SMILES string of the molecule is Cc1c(C(O)C(O)CCNC(=O)OCC2c3ccccc3-c3ccccc32)cc(F)cc1[N+](=O)[O-]. The predicted molar refractivity (Wildman–Crippen MR) is 126 cm³/mol. The van der Waals surface area contributed by atoms with Crippen molar-refractivity contribution in [3.8, 4) is 11.1 Å². The number of rotatable bonds is 8. The molecule has 0 spiro atoms. The number of nitrogens with zero attached hydrogens (tertiary/aromatic N) is 1. The van der Waals surface area contributed by atoms with E-state index in [4.69, 9.17) is 4.74 Å². The first-order valence-corrected chi connectivity index (χ1v) is 11.2. The van der Waals surface area contributed by atoms with E-state index in [9.17, 15) is 29.5 Å². The third-order valence-corrected chi connectivity index (χ3v) is 6.32. The van der Waals surface area contributed by atoms with Crippen molar-refractivity contribution in [2.24, 2.45) is 0 Å². The summed E-state index contributed by atoms with van der Waals surface area (Å²) >= 11 is 0. The van der Waals surface area contributed by atoms with E-state index < -0.39 is 34.7 Å². The quantitative estimate of drug-likeness (QED) is 0.325. The van der Waals surface area contributed by atoms with Gasteiger partial charge in [0.05, 0.1) is 17.1 Å². The van der Waals surface area contributed by atoms with Gasteiger partial charge in [0.2, 0.25) is 0 Å². The summed E-state index contributed by atoms with van der Waals surface area (Å²) in [5.74, 6) is -0.979. The molecule has 0 radical (unpaired) electrons. The molecule has 0 aliphatic heterocycles. The van der Waals surface area contributed by atoms with E-state index in [1.807, 2.05) is 48.5 Å². The van der Waals surface area contributed by atoms with Crippen molar-refractivity contribution in [1.29, 1.82) is 0 Å². The van der Waals surface area contributed by atoms with Gasteiger partial charge in [-0.05, 0) is 47.2 Å². The van der Waals surface area contributed by atoms with Crippen LogP contribution in [-0.4, -0.2) is 40.5 Å². The number of halogens is 1. The molecule has 0 saturated heterocycles. The highest BCUT2D eigenvalue weighted by molar-refractivity contribution is 5.79. The standard InChI is InChI=1S/C26H25FN2O6/c1-15-21(12-16(27)13-23(15)29(33)34)25(31)24(30)10-11-28-26(32)35-14-22-19-8-4-2-6-17(19)18-7-3-5-9-20(18)22/h2-9,12-13,22,24-25,30-31H,10-11,14H2,1H3,(H,28,32). The van der Waals surface area contributed by atoms with Gasteiger partial charge in [-0.15, -0.1) is 0 Å². The Balaban J connectivity index is 1.31. The molecule has 2 unspecified atom stereocenters. The highest BCUT2D eigenvalue weighted by Gasteiger charge is 2.29. The number of nitro groups is 1. The van der Waals surface area contributed by atoms with E-state index in [1.54, 1.807) is 0 Å². The minimum Gasteiger partial charge on any atom is -0.449 e. The summed E-state index contributed by atoms with van der Waals surface area (Å²) in [6.07, 6.45) is -3.70. The van der Waals surface area contributed by atoms with Crippen LogP contribution >= 0.6 is 0 Å². The molecule has 1 amide bonds. The molecule has 35 heavy (non-hydrogen) atoms. The maximum Gasteiger partial charge on any atom is 0.407 e. The average molecular weight is 480 g/mol. The summed E-state index contributed by atoms with van der Waals surface area (Å²) in [6, 6.07) is 17.6. The zero-order valence-corrected chi connectivity index (χ0v) is 19.0. The molecule has 182 valence electrons. The van der Waals surface area contributed by atoms with Crippen LogP contribution in [0, 0.1) is 22.9 Å². The zero-order valence-electron chi connectivity index (χ0n) is 19.0. The molecule has 3 aromatic rings. The summed E-state index contributed by atoms with van der Waals surface area (Å²) in [5.41, 5.74) is 3.89. The number of alkyl carbamates (subject to hydrolysis) is 1. The zero-order chi connectivity index (χ0) is 25.1. The fraction of sp³-hybridized carbons (Fsp3) is 0.269. The highest BCUT2D eigenvalue weighted by atomic mass is 19.1. The largest absolute Gasteiger partial charge is 0.449 e. The van der Waals surface area contributed by atoms with Crippen molar-refractivity contribution in [2.75, 3.05) is 13.2 Å². The second-order valence-corrected chi connectivity index (χ2v) is 8.45. The summed E-state index contributed by atoms with van der Waals surface area (Å²) in [4.78, 5) is 22.6. The first-order valence-electron chi connectivity index (χ1n) is 11.2. The second kappa shape index (κ2) is 10.2. The third-order valence-electron chi connectivity index (χ3n) is 6.32. The number of aliphatic hydroxyl groups excluding tert-OH is 2. The lowest BCUT2D eigenvalue weighted by atomic mass is 9.96. The molecular weight excluding hydrogens is 455 g/mol. The predicted octanol–water partition coefficient (Wildman–Crippen LogP) is 4.37. The lowest BCUT2D eigenvalue weighted by Crippen LogP contribution is -2.31. The van der Waals surface area contributed by atoms with Crippen LogP contribution in [0.15, 0.2) is 60.7 Å². The molecule has 0 bridgehead atoms. The molecule has 3 N–H and O–H groups in total. The van der Waals surface area contributed by atoms with Gasteiger partial charge in [0, 0.05) is 18.0 Å². The van der Waals surface area contributed by atoms with Crippen molar-refractivity contribution in [1.82, 2.24) is 5.32 Å². The number of nitro benzene ring substituents is 1. The molecule has 9 heteroatoms. The molecule has 8 nitrogen and oxygen atoms in total. The van der Waals surface area contributed by atoms with Crippen molar-refractivity contribution in [3.05, 3.63) is 98.8 Å². The summed E-state index contributed by atoms with van der Waals surface area (Å²) < 4.78 is 19.2. The smallest absolute Gasteiger partial charge is 0.407 e. The van der Waals surface area contributed by atoms with E-state index in [1.165, 1.54) is 6.92 Å². The van der Waals surface area contributed by atoms with E-state index in [0.29, 0.717) is 0 Å². The number of hydrogen-bond donors (Lipinski definition) is 3. The van der Waals surface area contributed by atoms with Gasteiger partial charge in [0.25, 0.3) is 5.69 Å². The number of hydrogen-bond acceptors (Lipinski definition) is 6. The molecule has 0 saturated carbocycles. The Morgan fingerprint density at radius 3 is 2.31 bits per heavy atom. The van der Waals surface area contributed by atoms with Crippen LogP contribution in [0.3, 0.4) is 0 Å². The molecule has 4 rings (SSSR count). The maximum atomic E-state index is 13.8. The highest BCUT2D eigenvalue weighted by Crippen LogP contribution is 2.44. The lowest BCUT2D eigenvalue weighted by molar-refractivity contribution is -0.385. The number of ether oxygens (including phenoxy) is 1. The number of benzene rings is 3. The van der Waals surface area contributed by atoms with Gasteiger partial charge in [0.1, 0.15) is 18.5 Å². The maximum absolute atomic E-state index is 13.8. The van der Waals surface area contributed by atoms with Crippen LogP contribution in [0.1, 0.15) is 40.7 Å². The third kappa shape index (κ3) is 5.01. The van der Waals surface area contributed by atoms with E-state index in [-0.39, 0.29) is 36.6 Å². The number of carbonyl (C=O) groups excluding carboxylic acids is 1. The van der Waals surface area contributed by atoms with Gasteiger partial charge >= 0.3 is 6.09 Å². The van der Waals surface area contributed by atoms with Crippen molar-refractivity contribution < 1.29 is 29.1 Å². The van der Waals surface area contributed by atoms with Gasteiger partial charge < -0.3 is 20.3 Å². The number of aliphatic hydroxyl groups is 2. The fourth-order valence-electron chi connectivity index (χ4n) is 4.52. The van der Waals surface area contributed by atoms with Gasteiger partial charge in [-0.1, -0.05) is 48.5 Å². The van der Waals surface area contributed by atoms with Crippen LogP contribution in [0.2, 0.25) is 0 Å². The first kappa shape index (κ1) is 24.3. The first-order chi connectivity index (χ1) is 16.8. The van der Waals surface area contributed by atoms with E-state index >= 15 is 0 Å². The Labute approximate surface area is 201 Å². The van der Waals surface area contributed by atoms with Gasteiger partial charge in [-0.2, -0.15) is 0 Å². The van der Waals surface area contributed by atoms with Gasteiger partial charge in [-0.25, -0.2) is 9.18 Å². The molecule has 0 fully saturated rings. The summed E-state index contributed by atoms with van der Waals surface area (Å²) in [7, 11) is 0. The van der Waals surface area contributed by atoms with Gasteiger partial charge in [-0.3, -0.25) is 10.1 Å². The van der Waals surface area contributed by atoms with Gasteiger partial charge in [0.15, 0.2) is 0 Å². The molecule has 0 heterocycles. The molecule has 0 aromatic heterocycles. The number of nitrogens with one attached hydrogen (secondary N) is 1. The Morgan fingerprint density at radius 2 is 1.71 bits per heavy atom. The van der Waals surface area contributed by atoms with Crippen LogP contribution in [0.25, 0.3) is 11.1 Å².